The molecule has 2 rings (SSSR count). The smallest absolute Gasteiger partial charge is 0.350 e. The molecule has 1 aliphatic rings. The van der Waals surface area contributed by atoms with E-state index in [0.717, 1.165) is 17.0 Å². The molecule has 128 valence electrons. The van der Waals surface area contributed by atoms with Gasteiger partial charge in [-0.15, -0.1) is 0 Å². The van der Waals surface area contributed by atoms with Gasteiger partial charge >= 0.3 is 12.1 Å². The molecule has 1 aromatic heterocycles. The van der Waals surface area contributed by atoms with E-state index in [2.05, 4.69) is 10.4 Å². The largest absolute Gasteiger partial charge is 0.471 e. The van der Waals surface area contributed by atoms with Crippen LogP contribution in [0.4, 0.5) is 13.2 Å². The number of aryl methyl sites for hydroxylation is 2. The average molecular weight is 332 g/mol. The van der Waals surface area contributed by atoms with Crippen LogP contribution in [0, 0.1) is 13.8 Å². The third-order valence-electron chi connectivity index (χ3n) is 4.16. The van der Waals surface area contributed by atoms with Gasteiger partial charge in [0.2, 0.25) is 5.91 Å². The number of hydrogen-bond acceptors (Lipinski definition) is 3. The van der Waals surface area contributed by atoms with Crippen molar-refractivity contribution in [2.24, 2.45) is 7.05 Å². The fraction of sp³-hybridized carbons (Fsp3) is 0.643. The number of halogens is 3. The van der Waals surface area contributed by atoms with E-state index in [9.17, 15) is 22.8 Å². The molecule has 1 atom stereocenters. The first kappa shape index (κ1) is 17.3. The van der Waals surface area contributed by atoms with E-state index in [4.69, 9.17) is 0 Å². The highest BCUT2D eigenvalue weighted by molar-refractivity contribution is 5.90. The summed E-state index contributed by atoms with van der Waals surface area (Å²) in [5.74, 6) is -2.52. The van der Waals surface area contributed by atoms with Crippen LogP contribution in [0.25, 0.3) is 0 Å². The number of carbonyl (C=O) groups excluding carboxylic acids is 2. The molecule has 0 radical (unpaired) electrons. The summed E-state index contributed by atoms with van der Waals surface area (Å²) in [4.78, 5) is 24.2. The van der Waals surface area contributed by atoms with E-state index >= 15 is 0 Å². The summed E-state index contributed by atoms with van der Waals surface area (Å²) in [6, 6.07) is -1.07. The van der Waals surface area contributed by atoms with Crippen molar-refractivity contribution in [3.63, 3.8) is 0 Å². The Bertz CT molecular complexity index is 624. The van der Waals surface area contributed by atoms with Gasteiger partial charge in [-0.3, -0.25) is 14.3 Å². The quantitative estimate of drug-likeness (QED) is 0.905. The van der Waals surface area contributed by atoms with Crippen molar-refractivity contribution in [1.82, 2.24) is 20.0 Å². The van der Waals surface area contributed by atoms with E-state index in [1.165, 1.54) is 0 Å². The SMILES string of the molecule is Cc1nn(C)c(C)c1CNC(=O)C1CCCN1C(=O)C(F)(F)F. The minimum absolute atomic E-state index is 0.0542. The predicted octanol–water partition coefficient (Wildman–Crippen LogP) is 1.21. The van der Waals surface area contributed by atoms with Gasteiger partial charge in [0.1, 0.15) is 6.04 Å². The van der Waals surface area contributed by atoms with Crippen molar-refractivity contribution in [3.8, 4) is 0 Å². The molecule has 1 N–H and O–H groups in total. The number of alkyl halides is 3. The average Bonchev–Trinajstić information content (AvgIpc) is 3.02. The Kier molecular flexibility index (Phi) is 4.67. The molecule has 0 bridgehead atoms. The van der Waals surface area contributed by atoms with Crippen molar-refractivity contribution in [1.29, 1.82) is 0 Å². The Balaban J connectivity index is 2.04. The van der Waals surface area contributed by atoms with Gasteiger partial charge in [0.05, 0.1) is 5.69 Å². The number of nitrogens with one attached hydrogen (secondary N) is 1. The molecule has 23 heavy (non-hydrogen) atoms. The van der Waals surface area contributed by atoms with E-state index in [0.29, 0.717) is 11.3 Å². The van der Waals surface area contributed by atoms with Crippen molar-refractivity contribution in [3.05, 3.63) is 17.0 Å². The van der Waals surface area contributed by atoms with Crippen LogP contribution in [0.2, 0.25) is 0 Å². The Morgan fingerprint density at radius 2 is 2.00 bits per heavy atom. The van der Waals surface area contributed by atoms with Gasteiger partial charge in [0, 0.05) is 31.4 Å². The van der Waals surface area contributed by atoms with E-state index < -0.39 is 24.0 Å². The van der Waals surface area contributed by atoms with E-state index in [1.54, 1.807) is 18.7 Å². The summed E-state index contributed by atoms with van der Waals surface area (Å²) in [5.41, 5.74) is 2.45. The van der Waals surface area contributed by atoms with Gasteiger partial charge < -0.3 is 10.2 Å². The molecule has 2 amide bonds. The second kappa shape index (κ2) is 6.21. The van der Waals surface area contributed by atoms with Crippen molar-refractivity contribution in [2.45, 2.75) is 45.5 Å². The van der Waals surface area contributed by atoms with Crippen LogP contribution in [0.1, 0.15) is 29.8 Å². The standard InChI is InChI=1S/C14H19F3N4O2/c1-8-10(9(2)20(3)19-8)7-18-12(22)11-5-4-6-21(11)13(23)14(15,16)17/h11H,4-7H2,1-3H3,(H,18,22). The second-order valence-electron chi connectivity index (χ2n) is 5.65. The number of amides is 2. The molecule has 9 heteroatoms. The molecular weight excluding hydrogens is 313 g/mol. The molecule has 1 unspecified atom stereocenters. The molecule has 0 saturated carbocycles. The number of aromatic nitrogens is 2. The number of nitrogens with zero attached hydrogens (tertiary/aromatic N) is 3. The lowest BCUT2D eigenvalue weighted by Crippen LogP contribution is -2.50. The first-order valence-electron chi connectivity index (χ1n) is 7.27. The zero-order valence-electron chi connectivity index (χ0n) is 13.2. The Labute approximate surface area is 131 Å². The third kappa shape index (κ3) is 3.48. The highest BCUT2D eigenvalue weighted by Gasteiger charge is 2.47. The van der Waals surface area contributed by atoms with Crippen molar-refractivity contribution >= 4 is 11.8 Å². The van der Waals surface area contributed by atoms with E-state index in [1.807, 2.05) is 6.92 Å². The summed E-state index contributed by atoms with van der Waals surface area (Å²) < 4.78 is 39.4. The minimum Gasteiger partial charge on any atom is -0.350 e. The fourth-order valence-corrected chi connectivity index (χ4v) is 2.81. The zero-order chi connectivity index (χ0) is 17.4. The van der Waals surface area contributed by atoms with Crippen molar-refractivity contribution < 1.29 is 22.8 Å². The van der Waals surface area contributed by atoms with Gasteiger partial charge in [0.15, 0.2) is 0 Å². The Morgan fingerprint density at radius 1 is 1.35 bits per heavy atom. The van der Waals surface area contributed by atoms with Gasteiger partial charge in [-0.05, 0) is 26.7 Å². The van der Waals surface area contributed by atoms with E-state index in [-0.39, 0.29) is 19.5 Å². The highest BCUT2D eigenvalue weighted by Crippen LogP contribution is 2.25. The summed E-state index contributed by atoms with van der Waals surface area (Å²) in [5, 5.41) is 6.83. The maximum Gasteiger partial charge on any atom is 0.471 e. The lowest BCUT2D eigenvalue weighted by atomic mass is 10.1. The molecule has 2 heterocycles. The van der Waals surface area contributed by atoms with Gasteiger partial charge in [0.25, 0.3) is 0 Å². The van der Waals surface area contributed by atoms with Crippen LogP contribution in [-0.2, 0) is 23.2 Å². The maximum absolute atomic E-state index is 12.6. The third-order valence-corrected chi connectivity index (χ3v) is 4.16. The predicted molar refractivity (Wildman–Crippen MR) is 75.3 cm³/mol. The number of likely N-dealkylation sites (tertiary alicyclic amines) is 1. The number of hydrogen-bond donors (Lipinski definition) is 1. The van der Waals surface area contributed by atoms with Crippen molar-refractivity contribution in [2.75, 3.05) is 6.54 Å². The number of rotatable bonds is 3. The molecule has 0 aliphatic carbocycles. The minimum atomic E-state index is -4.96. The van der Waals surface area contributed by atoms with Crippen LogP contribution in [-0.4, -0.2) is 45.3 Å². The van der Waals surface area contributed by atoms with Crippen LogP contribution in [0.5, 0.6) is 0 Å². The summed E-state index contributed by atoms with van der Waals surface area (Å²) >= 11 is 0. The van der Waals surface area contributed by atoms with Crippen LogP contribution >= 0.6 is 0 Å². The summed E-state index contributed by atoms with van der Waals surface area (Å²) in [7, 11) is 1.77. The molecule has 1 fully saturated rings. The van der Waals surface area contributed by atoms with Crippen LogP contribution < -0.4 is 5.32 Å². The van der Waals surface area contributed by atoms with Gasteiger partial charge in [-0.25, -0.2) is 0 Å². The first-order valence-corrected chi connectivity index (χ1v) is 7.27. The molecule has 0 spiro atoms. The topological polar surface area (TPSA) is 67.2 Å². The first-order chi connectivity index (χ1) is 10.6. The molecule has 1 aromatic rings. The second-order valence-corrected chi connectivity index (χ2v) is 5.65. The number of carbonyl (C=O) groups is 2. The van der Waals surface area contributed by atoms with Crippen LogP contribution in [0.15, 0.2) is 0 Å². The van der Waals surface area contributed by atoms with Gasteiger partial charge in [-0.1, -0.05) is 0 Å². The highest BCUT2D eigenvalue weighted by atomic mass is 19.4. The van der Waals surface area contributed by atoms with Gasteiger partial charge in [-0.2, -0.15) is 18.3 Å². The molecule has 6 nitrogen and oxygen atoms in total. The molecule has 1 aliphatic heterocycles. The molecular formula is C14H19F3N4O2. The Morgan fingerprint density at radius 3 is 2.52 bits per heavy atom. The lowest BCUT2D eigenvalue weighted by molar-refractivity contribution is -0.186. The Hall–Kier alpha value is -2.06. The zero-order valence-corrected chi connectivity index (χ0v) is 13.2. The molecule has 0 aromatic carbocycles. The fourth-order valence-electron chi connectivity index (χ4n) is 2.81. The maximum atomic E-state index is 12.6. The lowest BCUT2D eigenvalue weighted by Gasteiger charge is -2.24. The summed E-state index contributed by atoms with van der Waals surface area (Å²) in [6.45, 7) is 3.76. The summed E-state index contributed by atoms with van der Waals surface area (Å²) in [6.07, 6.45) is -4.34. The normalized spacial score (nSPS) is 18.3. The molecule has 1 saturated heterocycles. The monoisotopic (exact) mass is 332 g/mol. The van der Waals surface area contributed by atoms with Crippen LogP contribution in [0.3, 0.4) is 0 Å².